The monoisotopic (exact) mass is 356 g/mol. The van der Waals surface area contributed by atoms with Gasteiger partial charge in [0.25, 0.3) is 0 Å². The number of rotatable bonds is 0. The topological polar surface area (TPSA) is 9.23 Å². The minimum atomic E-state index is 0. The number of ether oxygens (including phenoxy) is 1. The Labute approximate surface area is 90.2 Å². The molecule has 70 valence electrons. The minimum Gasteiger partial charge on any atom is -0.761 e. The second-order valence-electron chi connectivity index (χ2n) is 3.40. The second kappa shape index (κ2) is 4.93. The molecule has 0 saturated carbocycles. The Kier molecular flexibility index (Phi) is 5.40. The number of hydrogen-bond donors (Lipinski definition) is 0. The first-order valence-corrected chi connectivity index (χ1v) is 4.37. The van der Waals surface area contributed by atoms with Crippen molar-refractivity contribution < 1.29 is 27.1 Å². The van der Waals surface area contributed by atoms with Crippen LogP contribution in [-0.2, 0) is 39.7 Å². The van der Waals surface area contributed by atoms with Crippen molar-refractivity contribution in [3.8, 4) is 0 Å². The van der Waals surface area contributed by atoms with E-state index < -0.39 is 0 Å². The van der Waals surface area contributed by atoms with E-state index in [0.29, 0.717) is 11.8 Å². The van der Waals surface area contributed by atoms with Gasteiger partial charge in [0.2, 0.25) is 0 Å². The zero-order chi connectivity index (χ0) is 7.72. The van der Waals surface area contributed by atoms with E-state index in [4.69, 9.17) is 17.4 Å². The van der Waals surface area contributed by atoms with Gasteiger partial charge in [-0.25, -0.2) is 0 Å². The van der Waals surface area contributed by atoms with Crippen LogP contribution in [0.25, 0.3) is 0 Å². The van der Waals surface area contributed by atoms with Crippen LogP contribution in [0.3, 0.4) is 0 Å². The molecule has 3 heteroatoms. The van der Waals surface area contributed by atoms with Gasteiger partial charge >= 0.3 is 22.4 Å². The number of hydrogen-bond acceptors (Lipinski definition) is 2. The SMILES string of the molecule is CC1COC([S-])C(C)C1C.[Au+]. The predicted octanol–water partition coefficient (Wildman–Crippen LogP) is 1.80. The van der Waals surface area contributed by atoms with Crippen molar-refractivity contribution in [2.24, 2.45) is 17.8 Å². The Bertz CT molecular complexity index is 107. The Morgan fingerprint density at radius 2 is 1.73 bits per heavy atom. The Balaban J connectivity index is 0.000001000. The third-order valence-corrected chi connectivity index (χ3v) is 3.24. The summed E-state index contributed by atoms with van der Waals surface area (Å²) in [6.07, 6.45) is 0. The van der Waals surface area contributed by atoms with Crippen LogP contribution in [-0.4, -0.2) is 12.0 Å². The van der Waals surface area contributed by atoms with Gasteiger partial charge in [-0.1, -0.05) is 26.2 Å². The van der Waals surface area contributed by atoms with E-state index >= 15 is 0 Å². The molecule has 11 heavy (non-hydrogen) atoms. The van der Waals surface area contributed by atoms with E-state index in [1.165, 1.54) is 0 Å². The van der Waals surface area contributed by atoms with Crippen LogP contribution in [0.15, 0.2) is 0 Å². The summed E-state index contributed by atoms with van der Waals surface area (Å²) < 4.78 is 5.39. The van der Waals surface area contributed by atoms with Gasteiger partial charge < -0.3 is 17.4 Å². The summed E-state index contributed by atoms with van der Waals surface area (Å²) in [5, 5.41) is 0. The van der Waals surface area contributed by atoms with Gasteiger partial charge in [-0.3, -0.25) is 0 Å². The summed E-state index contributed by atoms with van der Waals surface area (Å²) in [5.74, 6) is 1.93. The quantitative estimate of drug-likeness (QED) is 0.484. The van der Waals surface area contributed by atoms with Gasteiger partial charge in [-0.05, 0) is 17.8 Å². The molecule has 1 nitrogen and oxygen atoms in total. The molecular weight excluding hydrogens is 341 g/mol. The van der Waals surface area contributed by atoms with Gasteiger partial charge in [-0.15, -0.1) is 0 Å². The van der Waals surface area contributed by atoms with E-state index in [1.807, 2.05) is 0 Å². The molecule has 0 amide bonds. The molecule has 0 aromatic heterocycles. The van der Waals surface area contributed by atoms with Gasteiger partial charge in [0.05, 0.1) is 0 Å². The molecule has 0 bridgehead atoms. The molecule has 0 aliphatic carbocycles. The third kappa shape index (κ3) is 2.78. The average Bonchev–Trinajstić information content (AvgIpc) is 1.93. The van der Waals surface area contributed by atoms with Crippen molar-refractivity contribution in [3.63, 3.8) is 0 Å². The molecular formula is C8H15AuOS. The van der Waals surface area contributed by atoms with E-state index in [-0.39, 0.29) is 27.8 Å². The van der Waals surface area contributed by atoms with Crippen LogP contribution in [0.5, 0.6) is 0 Å². The standard InChI is InChI=1S/C8H16OS.Au/c1-5-4-9-8(10)7(3)6(5)2;/h5-8,10H,4H2,1-3H3;/q;+1/p-1. The molecule has 0 aromatic carbocycles. The van der Waals surface area contributed by atoms with Gasteiger partial charge in [-0.2, -0.15) is 0 Å². The van der Waals surface area contributed by atoms with E-state index in [0.717, 1.165) is 12.5 Å². The van der Waals surface area contributed by atoms with Crippen LogP contribution in [0.4, 0.5) is 0 Å². The van der Waals surface area contributed by atoms with Crippen LogP contribution >= 0.6 is 0 Å². The van der Waals surface area contributed by atoms with Crippen molar-refractivity contribution in [3.05, 3.63) is 0 Å². The summed E-state index contributed by atoms with van der Waals surface area (Å²) in [4.78, 5) is 0. The molecule has 0 radical (unpaired) electrons. The van der Waals surface area contributed by atoms with Crippen molar-refractivity contribution in [1.82, 2.24) is 0 Å². The fourth-order valence-corrected chi connectivity index (χ4v) is 1.64. The average molecular weight is 356 g/mol. The molecule has 0 N–H and O–H groups in total. The summed E-state index contributed by atoms with van der Waals surface area (Å²) in [7, 11) is 0. The first kappa shape index (κ1) is 12.1. The summed E-state index contributed by atoms with van der Waals surface area (Å²) in [6.45, 7) is 7.51. The Morgan fingerprint density at radius 1 is 1.18 bits per heavy atom. The Morgan fingerprint density at radius 3 is 2.18 bits per heavy atom. The molecule has 0 spiro atoms. The fourth-order valence-electron chi connectivity index (χ4n) is 1.32. The molecule has 0 aromatic rings. The predicted molar refractivity (Wildman–Crippen MR) is 44.6 cm³/mol. The van der Waals surface area contributed by atoms with Crippen LogP contribution < -0.4 is 0 Å². The first-order chi connectivity index (χ1) is 4.63. The molecule has 1 rings (SSSR count). The molecule has 4 unspecified atom stereocenters. The van der Waals surface area contributed by atoms with Gasteiger partial charge in [0, 0.05) is 6.61 Å². The second-order valence-corrected chi connectivity index (χ2v) is 3.86. The summed E-state index contributed by atoms with van der Waals surface area (Å²) in [5.41, 5.74) is 0.0474. The zero-order valence-corrected chi connectivity index (χ0v) is 10.1. The molecule has 1 heterocycles. The maximum atomic E-state index is 5.39. The minimum absolute atomic E-state index is 0. The first-order valence-electron chi connectivity index (χ1n) is 3.90. The third-order valence-electron chi connectivity index (χ3n) is 2.68. The maximum absolute atomic E-state index is 5.39. The molecule has 1 aliphatic heterocycles. The summed E-state index contributed by atoms with van der Waals surface area (Å²) in [6, 6.07) is 0. The van der Waals surface area contributed by atoms with Crippen molar-refractivity contribution in [1.29, 1.82) is 0 Å². The van der Waals surface area contributed by atoms with Crippen molar-refractivity contribution in [2.45, 2.75) is 26.2 Å². The van der Waals surface area contributed by atoms with Gasteiger partial charge in [0.1, 0.15) is 0 Å². The van der Waals surface area contributed by atoms with E-state index in [2.05, 4.69) is 20.8 Å². The van der Waals surface area contributed by atoms with Crippen molar-refractivity contribution in [2.75, 3.05) is 6.61 Å². The van der Waals surface area contributed by atoms with Crippen LogP contribution in [0, 0.1) is 17.8 Å². The van der Waals surface area contributed by atoms with Crippen LogP contribution in [0.2, 0.25) is 0 Å². The van der Waals surface area contributed by atoms with Gasteiger partial charge in [0.15, 0.2) is 0 Å². The van der Waals surface area contributed by atoms with Crippen LogP contribution in [0.1, 0.15) is 20.8 Å². The smallest absolute Gasteiger partial charge is 0.761 e. The molecule has 4 atom stereocenters. The fraction of sp³-hybridized carbons (Fsp3) is 1.00. The summed E-state index contributed by atoms with van der Waals surface area (Å²) >= 11 is 5.12. The van der Waals surface area contributed by atoms with E-state index in [9.17, 15) is 0 Å². The largest absolute Gasteiger partial charge is 1.00 e. The molecule has 1 fully saturated rings. The normalized spacial score (nSPS) is 44.7. The maximum Gasteiger partial charge on any atom is 1.00 e. The van der Waals surface area contributed by atoms with E-state index in [1.54, 1.807) is 0 Å². The Hall–Kier alpha value is 1.05. The molecule has 1 saturated heterocycles. The molecule has 1 aliphatic rings. The zero-order valence-electron chi connectivity index (χ0n) is 7.13. The van der Waals surface area contributed by atoms with Crippen molar-refractivity contribution >= 4 is 12.6 Å².